The van der Waals surface area contributed by atoms with Gasteiger partial charge in [-0.1, -0.05) is 31.6 Å². The first-order chi connectivity index (χ1) is 9.17. The Bertz CT molecular complexity index is 445. The number of aromatic nitrogens is 1. The zero-order valence-corrected chi connectivity index (χ0v) is 12.5. The van der Waals surface area contributed by atoms with Crippen LogP contribution in [0.5, 0.6) is 0 Å². The van der Waals surface area contributed by atoms with Gasteiger partial charge in [-0.3, -0.25) is 0 Å². The number of nitrogens with zero attached hydrogens (tertiary/aromatic N) is 2. The number of carboxylic acids is 1. The van der Waals surface area contributed by atoms with Crippen molar-refractivity contribution >= 4 is 22.4 Å². The van der Waals surface area contributed by atoms with Crippen LogP contribution < -0.4 is 4.90 Å². The summed E-state index contributed by atoms with van der Waals surface area (Å²) in [4.78, 5) is 18.6. The Hall–Kier alpha value is -1.10. The highest BCUT2D eigenvalue weighted by molar-refractivity contribution is 7.17. The lowest BCUT2D eigenvalue weighted by Crippen LogP contribution is -2.39. The van der Waals surface area contributed by atoms with Crippen molar-refractivity contribution in [3.63, 3.8) is 0 Å². The van der Waals surface area contributed by atoms with Crippen LogP contribution >= 0.6 is 11.3 Å². The van der Waals surface area contributed by atoms with E-state index in [4.69, 9.17) is 0 Å². The van der Waals surface area contributed by atoms with E-state index in [-0.39, 0.29) is 0 Å². The Morgan fingerprint density at radius 3 is 2.89 bits per heavy atom. The van der Waals surface area contributed by atoms with Crippen molar-refractivity contribution in [2.24, 2.45) is 0 Å². The monoisotopic (exact) mass is 282 g/mol. The highest BCUT2D eigenvalue weighted by Gasteiger charge is 2.26. The van der Waals surface area contributed by atoms with Crippen molar-refractivity contribution in [3.8, 4) is 0 Å². The van der Waals surface area contributed by atoms with Gasteiger partial charge in [-0.25, -0.2) is 9.78 Å². The Labute approximate surface area is 118 Å². The SMILES string of the molecule is CCCc1nc(N2CCCCC2CC)sc1C(=O)O. The van der Waals surface area contributed by atoms with E-state index < -0.39 is 5.97 Å². The van der Waals surface area contributed by atoms with Crippen LogP contribution in [0, 0.1) is 0 Å². The molecule has 1 saturated heterocycles. The molecule has 1 aliphatic rings. The molecule has 5 heteroatoms. The largest absolute Gasteiger partial charge is 0.477 e. The fraction of sp³-hybridized carbons (Fsp3) is 0.714. The van der Waals surface area contributed by atoms with Crippen molar-refractivity contribution in [1.29, 1.82) is 0 Å². The van der Waals surface area contributed by atoms with E-state index in [1.807, 2.05) is 0 Å². The maximum absolute atomic E-state index is 11.3. The number of thiazole rings is 1. The maximum Gasteiger partial charge on any atom is 0.347 e. The summed E-state index contributed by atoms with van der Waals surface area (Å²) in [6.07, 6.45) is 6.44. The van der Waals surface area contributed by atoms with E-state index in [0.29, 0.717) is 10.9 Å². The van der Waals surface area contributed by atoms with Gasteiger partial charge in [0.15, 0.2) is 5.13 Å². The molecule has 1 fully saturated rings. The summed E-state index contributed by atoms with van der Waals surface area (Å²) < 4.78 is 0. The number of piperidine rings is 1. The van der Waals surface area contributed by atoms with Crippen molar-refractivity contribution in [3.05, 3.63) is 10.6 Å². The molecule has 106 valence electrons. The zero-order valence-electron chi connectivity index (χ0n) is 11.7. The lowest BCUT2D eigenvalue weighted by Gasteiger charge is -2.35. The smallest absolute Gasteiger partial charge is 0.347 e. The van der Waals surface area contributed by atoms with Gasteiger partial charge in [0.05, 0.1) is 5.69 Å². The molecule has 0 spiro atoms. The molecule has 19 heavy (non-hydrogen) atoms. The second-order valence-electron chi connectivity index (χ2n) is 5.08. The number of hydrogen-bond acceptors (Lipinski definition) is 4. The predicted octanol–water partition coefficient (Wildman–Crippen LogP) is 3.56. The maximum atomic E-state index is 11.3. The molecule has 0 radical (unpaired) electrons. The third kappa shape index (κ3) is 3.08. The molecule has 1 aromatic rings. The summed E-state index contributed by atoms with van der Waals surface area (Å²) in [6, 6.07) is 0.524. The van der Waals surface area contributed by atoms with Crippen LogP contribution in [0.15, 0.2) is 0 Å². The van der Waals surface area contributed by atoms with Crippen LogP contribution in [-0.4, -0.2) is 28.6 Å². The third-order valence-corrected chi connectivity index (χ3v) is 4.83. The minimum absolute atomic E-state index is 0.428. The van der Waals surface area contributed by atoms with Gasteiger partial charge in [0.2, 0.25) is 0 Å². The molecule has 2 rings (SSSR count). The average Bonchev–Trinajstić information content (AvgIpc) is 2.83. The summed E-state index contributed by atoms with van der Waals surface area (Å²) in [5, 5.41) is 10.2. The van der Waals surface area contributed by atoms with Gasteiger partial charge in [-0.2, -0.15) is 0 Å². The molecule has 0 aromatic carbocycles. The average molecular weight is 282 g/mol. The number of aromatic carboxylic acids is 1. The second kappa shape index (κ2) is 6.37. The lowest BCUT2D eigenvalue weighted by atomic mass is 10.0. The van der Waals surface area contributed by atoms with Crippen LogP contribution in [0.1, 0.15) is 61.3 Å². The molecule has 0 amide bonds. The minimum Gasteiger partial charge on any atom is -0.477 e. The minimum atomic E-state index is -0.836. The highest BCUT2D eigenvalue weighted by Crippen LogP contribution is 2.32. The summed E-state index contributed by atoms with van der Waals surface area (Å²) in [7, 11) is 0. The fourth-order valence-corrected chi connectivity index (χ4v) is 3.76. The predicted molar refractivity (Wildman–Crippen MR) is 78.3 cm³/mol. The number of rotatable bonds is 5. The molecule has 1 N–H and O–H groups in total. The van der Waals surface area contributed by atoms with E-state index in [2.05, 4.69) is 23.7 Å². The Morgan fingerprint density at radius 1 is 1.47 bits per heavy atom. The first-order valence-corrected chi connectivity index (χ1v) is 7.98. The van der Waals surface area contributed by atoms with E-state index in [1.54, 1.807) is 0 Å². The van der Waals surface area contributed by atoms with Crippen LogP contribution in [0.4, 0.5) is 5.13 Å². The standard InChI is InChI=1S/C14H22N2O2S/c1-3-7-11-12(13(17)18)19-14(15-11)16-9-6-5-8-10(16)4-2/h10H,3-9H2,1-2H3,(H,17,18). The van der Waals surface area contributed by atoms with E-state index in [9.17, 15) is 9.90 Å². The molecule has 0 saturated carbocycles. The van der Waals surface area contributed by atoms with E-state index in [1.165, 1.54) is 30.6 Å². The van der Waals surface area contributed by atoms with Crippen LogP contribution in [0.25, 0.3) is 0 Å². The number of carbonyl (C=O) groups is 1. The van der Waals surface area contributed by atoms with Crippen molar-refractivity contribution in [2.45, 2.75) is 58.4 Å². The van der Waals surface area contributed by atoms with Crippen molar-refractivity contribution in [1.82, 2.24) is 4.98 Å². The van der Waals surface area contributed by atoms with Gasteiger partial charge >= 0.3 is 5.97 Å². The Kier molecular flexibility index (Phi) is 4.80. The Morgan fingerprint density at radius 2 is 2.26 bits per heavy atom. The summed E-state index contributed by atoms with van der Waals surface area (Å²) in [5.41, 5.74) is 0.760. The van der Waals surface area contributed by atoms with Crippen LogP contribution in [0.3, 0.4) is 0 Å². The van der Waals surface area contributed by atoms with Crippen molar-refractivity contribution in [2.75, 3.05) is 11.4 Å². The molecular formula is C14H22N2O2S. The van der Waals surface area contributed by atoms with Gasteiger partial charge < -0.3 is 10.0 Å². The van der Waals surface area contributed by atoms with Gasteiger partial charge in [-0.15, -0.1) is 0 Å². The van der Waals surface area contributed by atoms with Gasteiger partial charge in [0.25, 0.3) is 0 Å². The van der Waals surface area contributed by atoms with E-state index in [0.717, 1.165) is 36.6 Å². The van der Waals surface area contributed by atoms with Gasteiger partial charge in [0.1, 0.15) is 4.88 Å². The summed E-state index contributed by atoms with van der Waals surface area (Å²) >= 11 is 1.35. The highest BCUT2D eigenvalue weighted by atomic mass is 32.1. The second-order valence-corrected chi connectivity index (χ2v) is 6.06. The number of hydrogen-bond donors (Lipinski definition) is 1. The fourth-order valence-electron chi connectivity index (χ4n) is 2.71. The number of aryl methyl sites for hydroxylation is 1. The quantitative estimate of drug-likeness (QED) is 0.897. The summed E-state index contributed by atoms with van der Waals surface area (Å²) in [5.74, 6) is -0.836. The van der Waals surface area contributed by atoms with Crippen LogP contribution in [0.2, 0.25) is 0 Å². The molecule has 1 unspecified atom stereocenters. The van der Waals surface area contributed by atoms with Crippen molar-refractivity contribution < 1.29 is 9.90 Å². The van der Waals surface area contributed by atoms with Crippen LogP contribution in [-0.2, 0) is 6.42 Å². The molecule has 0 aliphatic carbocycles. The summed E-state index contributed by atoms with van der Waals surface area (Å²) in [6.45, 7) is 5.26. The first-order valence-electron chi connectivity index (χ1n) is 7.17. The molecule has 1 atom stereocenters. The topological polar surface area (TPSA) is 53.4 Å². The third-order valence-electron chi connectivity index (χ3n) is 3.71. The van der Waals surface area contributed by atoms with Gasteiger partial charge in [0, 0.05) is 12.6 Å². The Balaban J connectivity index is 2.28. The first kappa shape index (κ1) is 14.3. The molecular weight excluding hydrogens is 260 g/mol. The number of anilines is 1. The normalized spacial score (nSPS) is 19.7. The molecule has 0 bridgehead atoms. The van der Waals surface area contributed by atoms with Gasteiger partial charge in [-0.05, 0) is 32.1 Å². The molecule has 2 heterocycles. The molecule has 1 aliphatic heterocycles. The molecule has 1 aromatic heterocycles. The zero-order chi connectivity index (χ0) is 13.8. The van der Waals surface area contributed by atoms with E-state index >= 15 is 0 Å². The number of carboxylic acid groups (broad SMARTS) is 1. The lowest BCUT2D eigenvalue weighted by molar-refractivity contribution is 0.0700. The molecule has 4 nitrogen and oxygen atoms in total.